The molecule has 206 valence electrons. The molecule has 2 aliphatic heterocycles. The van der Waals surface area contributed by atoms with Gasteiger partial charge >= 0.3 is 0 Å². The molecule has 4 rings (SSSR count). The first-order valence-corrected chi connectivity index (χ1v) is 14.6. The Hall–Kier alpha value is -2.86. The van der Waals surface area contributed by atoms with Crippen LogP contribution in [-0.4, -0.2) is 59.9 Å². The van der Waals surface area contributed by atoms with Gasteiger partial charge in [-0.1, -0.05) is 42.5 Å². The van der Waals surface area contributed by atoms with E-state index in [-0.39, 0.29) is 17.9 Å². The Morgan fingerprint density at radius 3 is 2.66 bits per heavy atom. The van der Waals surface area contributed by atoms with Gasteiger partial charge < -0.3 is 15.0 Å². The van der Waals surface area contributed by atoms with Crippen LogP contribution in [0.2, 0.25) is 0 Å². The standard InChI is InChI=1S/C32H45N3O3/c1-25(2)34-23-28-21-27(14-16-30(28)38-20-10-4-8-18-33-31(36)24-34)15-17-32(37)35-19-9-7-13-29(35)22-26-11-5-3-6-12-26/h3,5-6,11-12,14,16,21,25,29H,4,7-10,13,15,17-20,22-24H2,1-2H3,(H,33,36). The second-order valence-corrected chi connectivity index (χ2v) is 11.1. The fraction of sp³-hybridized carbons (Fsp3) is 0.562. The largest absolute Gasteiger partial charge is 0.493 e. The summed E-state index contributed by atoms with van der Waals surface area (Å²) in [6.45, 7) is 7.53. The van der Waals surface area contributed by atoms with E-state index in [2.05, 4.69) is 71.4 Å². The molecule has 6 nitrogen and oxygen atoms in total. The van der Waals surface area contributed by atoms with Crippen molar-refractivity contribution >= 4 is 11.8 Å². The highest BCUT2D eigenvalue weighted by Gasteiger charge is 2.26. The van der Waals surface area contributed by atoms with Crippen molar-refractivity contribution in [2.45, 2.75) is 90.3 Å². The van der Waals surface area contributed by atoms with Crippen molar-refractivity contribution < 1.29 is 14.3 Å². The molecule has 1 unspecified atom stereocenters. The van der Waals surface area contributed by atoms with Crippen molar-refractivity contribution in [1.82, 2.24) is 15.1 Å². The Morgan fingerprint density at radius 2 is 1.84 bits per heavy atom. The Labute approximate surface area is 228 Å². The van der Waals surface area contributed by atoms with Crippen molar-refractivity contribution in [1.29, 1.82) is 0 Å². The average molecular weight is 520 g/mol. The van der Waals surface area contributed by atoms with Crippen molar-refractivity contribution in [3.63, 3.8) is 0 Å². The van der Waals surface area contributed by atoms with Gasteiger partial charge in [-0.15, -0.1) is 0 Å². The first-order valence-electron chi connectivity index (χ1n) is 14.6. The molecular formula is C32H45N3O3. The van der Waals surface area contributed by atoms with Crippen LogP contribution in [0.1, 0.15) is 75.5 Å². The maximum absolute atomic E-state index is 13.4. The maximum atomic E-state index is 13.4. The monoisotopic (exact) mass is 519 g/mol. The Kier molecular flexibility index (Phi) is 10.6. The van der Waals surface area contributed by atoms with Gasteiger partial charge in [0.25, 0.3) is 0 Å². The number of fused-ring (bicyclic) bond motifs is 1. The van der Waals surface area contributed by atoms with Gasteiger partial charge in [0, 0.05) is 43.7 Å². The number of carbonyl (C=O) groups excluding carboxylic acids is 2. The molecule has 1 fully saturated rings. The third kappa shape index (κ3) is 8.32. The summed E-state index contributed by atoms with van der Waals surface area (Å²) in [5.41, 5.74) is 3.54. The van der Waals surface area contributed by atoms with Crippen molar-refractivity contribution in [2.75, 3.05) is 26.2 Å². The molecule has 0 spiro atoms. The number of aryl methyl sites for hydroxylation is 1. The molecule has 2 aliphatic rings. The molecule has 6 heteroatoms. The summed E-state index contributed by atoms with van der Waals surface area (Å²) in [4.78, 5) is 30.2. The number of benzene rings is 2. The zero-order valence-electron chi connectivity index (χ0n) is 23.3. The molecule has 0 radical (unpaired) electrons. The number of hydrogen-bond acceptors (Lipinski definition) is 4. The highest BCUT2D eigenvalue weighted by molar-refractivity contribution is 5.78. The van der Waals surface area contributed by atoms with Gasteiger partial charge in [0.1, 0.15) is 5.75 Å². The zero-order valence-corrected chi connectivity index (χ0v) is 23.3. The van der Waals surface area contributed by atoms with Crippen molar-refractivity contribution in [3.05, 3.63) is 65.2 Å². The summed E-state index contributed by atoms with van der Waals surface area (Å²) in [6, 6.07) is 17.4. The lowest BCUT2D eigenvalue weighted by atomic mass is 9.95. The Morgan fingerprint density at radius 1 is 1.00 bits per heavy atom. The smallest absolute Gasteiger partial charge is 0.234 e. The van der Waals surface area contributed by atoms with Gasteiger partial charge in [-0.3, -0.25) is 14.5 Å². The van der Waals surface area contributed by atoms with E-state index in [4.69, 9.17) is 4.74 Å². The highest BCUT2D eigenvalue weighted by Crippen LogP contribution is 2.26. The van der Waals surface area contributed by atoms with E-state index < -0.39 is 0 Å². The first-order chi connectivity index (χ1) is 18.5. The number of ether oxygens (including phenoxy) is 1. The summed E-state index contributed by atoms with van der Waals surface area (Å²) >= 11 is 0. The van der Waals surface area contributed by atoms with Crippen LogP contribution in [0.5, 0.6) is 5.75 Å². The summed E-state index contributed by atoms with van der Waals surface area (Å²) in [5, 5.41) is 3.06. The predicted octanol–water partition coefficient (Wildman–Crippen LogP) is 5.13. The lowest BCUT2D eigenvalue weighted by Gasteiger charge is -2.36. The van der Waals surface area contributed by atoms with E-state index in [1.165, 1.54) is 12.0 Å². The average Bonchev–Trinajstić information content (AvgIpc) is 2.93. The quantitative estimate of drug-likeness (QED) is 0.575. The topological polar surface area (TPSA) is 61.9 Å². The molecule has 2 aromatic carbocycles. The molecule has 1 saturated heterocycles. The second-order valence-electron chi connectivity index (χ2n) is 11.1. The maximum Gasteiger partial charge on any atom is 0.234 e. The number of piperidine rings is 1. The minimum Gasteiger partial charge on any atom is -0.493 e. The minimum atomic E-state index is 0.0776. The number of hydrogen-bond donors (Lipinski definition) is 1. The van der Waals surface area contributed by atoms with E-state index in [1.54, 1.807) is 0 Å². The van der Waals surface area contributed by atoms with Crippen LogP contribution in [0.15, 0.2) is 48.5 Å². The summed E-state index contributed by atoms with van der Waals surface area (Å²) in [5.74, 6) is 1.23. The van der Waals surface area contributed by atoms with Crippen LogP contribution in [0, 0.1) is 0 Å². The normalized spacial score (nSPS) is 19.9. The van der Waals surface area contributed by atoms with Crippen LogP contribution in [0.4, 0.5) is 0 Å². The molecule has 1 N–H and O–H groups in total. The fourth-order valence-electron chi connectivity index (χ4n) is 5.57. The fourth-order valence-corrected chi connectivity index (χ4v) is 5.57. The molecule has 2 amide bonds. The number of likely N-dealkylation sites (tertiary alicyclic amines) is 1. The lowest BCUT2D eigenvalue weighted by Crippen LogP contribution is -2.45. The molecule has 0 aliphatic carbocycles. The number of amides is 2. The van der Waals surface area contributed by atoms with E-state index >= 15 is 0 Å². The number of rotatable bonds is 6. The summed E-state index contributed by atoms with van der Waals surface area (Å²) < 4.78 is 6.20. The highest BCUT2D eigenvalue weighted by atomic mass is 16.5. The lowest BCUT2D eigenvalue weighted by molar-refractivity contribution is -0.134. The van der Waals surface area contributed by atoms with Crippen LogP contribution in [0.25, 0.3) is 0 Å². The number of carbonyl (C=O) groups is 2. The SMILES string of the molecule is CC(C)N1CC(=O)NCCCCCOc2ccc(CCC(=O)N3CCCCC3Cc3ccccc3)cc2C1. The third-order valence-electron chi connectivity index (χ3n) is 7.87. The molecule has 1 atom stereocenters. The third-order valence-corrected chi connectivity index (χ3v) is 7.87. The molecule has 2 heterocycles. The van der Waals surface area contributed by atoms with Gasteiger partial charge in [0.05, 0.1) is 13.2 Å². The van der Waals surface area contributed by atoms with E-state index in [1.807, 2.05) is 6.07 Å². The molecule has 0 bridgehead atoms. The van der Waals surface area contributed by atoms with E-state index in [0.29, 0.717) is 38.6 Å². The first kappa shape index (κ1) is 28.2. The zero-order chi connectivity index (χ0) is 26.7. The Balaban J connectivity index is 1.44. The van der Waals surface area contributed by atoms with Crippen LogP contribution in [0.3, 0.4) is 0 Å². The number of nitrogens with zero attached hydrogens (tertiary/aromatic N) is 2. The van der Waals surface area contributed by atoms with Crippen molar-refractivity contribution in [3.8, 4) is 5.75 Å². The second kappa shape index (κ2) is 14.3. The van der Waals surface area contributed by atoms with E-state index in [0.717, 1.165) is 68.5 Å². The van der Waals surface area contributed by atoms with Gasteiger partial charge in [-0.05, 0) is 82.4 Å². The predicted molar refractivity (Wildman–Crippen MR) is 152 cm³/mol. The van der Waals surface area contributed by atoms with Crippen LogP contribution in [-0.2, 0) is 29.0 Å². The molecule has 0 aromatic heterocycles. The van der Waals surface area contributed by atoms with Gasteiger partial charge in [-0.2, -0.15) is 0 Å². The van der Waals surface area contributed by atoms with Gasteiger partial charge in [0.2, 0.25) is 11.8 Å². The minimum absolute atomic E-state index is 0.0776. The molecule has 2 aromatic rings. The van der Waals surface area contributed by atoms with Crippen LogP contribution >= 0.6 is 0 Å². The van der Waals surface area contributed by atoms with Crippen molar-refractivity contribution in [2.24, 2.45) is 0 Å². The van der Waals surface area contributed by atoms with Gasteiger partial charge in [0.15, 0.2) is 0 Å². The molecule has 38 heavy (non-hydrogen) atoms. The molecule has 0 saturated carbocycles. The van der Waals surface area contributed by atoms with Gasteiger partial charge in [-0.25, -0.2) is 0 Å². The van der Waals surface area contributed by atoms with Crippen LogP contribution < -0.4 is 10.1 Å². The number of nitrogens with one attached hydrogen (secondary N) is 1. The Bertz CT molecular complexity index is 1040. The molecular weight excluding hydrogens is 474 g/mol. The van der Waals surface area contributed by atoms with E-state index in [9.17, 15) is 9.59 Å². The summed E-state index contributed by atoms with van der Waals surface area (Å²) in [6.07, 6.45) is 8.49. The summed E-state index contributed by atoms with van der Waals surface area (Å²) in [7, 11) is 0.